The Morgan fingerprint density at radius 3 is 2.95 bits per heavy atom. The van der Waals surface area contributed by atoms with Crippen LogP contribution in [0.2, 0.25) is 0 Å². The van der Waals surface area contributed by atoms with Gasteiger partial charge in [0.05, 0.1) is 13.7 Å². The summed E-state index contributed by atoms with van der Waals surface area (Å²) in [4.78, 5) is 10.6. The molecule has 1 fully saturated rings. The molecule has 0 aliphatic carbocycles. The van der Waals surface area contributed by atoms with E-state index in [2.05, 4.69) is 0 Å². The molecule has 1 aromatic rings. The van der Waals surface area contributed by atoms with Crippen LogP contribution in [0.4, 0.5) is 0 Å². The van der Waals surface area contributed by atoms with E-state index in [9.17, 15) is 4.79 Å². The molecule has 0 spiro atoms. The predicted octanol–water partition coefficient (Wildman–Crippen LogP) is 2.66. The van der Waals surface area contributed by atoms with Crippen molar-refractivity contribution in [3.8, 4) is 11.5 Å². The van der Waals surface area contributed by atoms with Crippen LogP contribution in [0.25, 0.3) is 0 Å². The maximum Gasteiger partial charge on any atom is 0.303 e. The normalized spacial score (nSPS) is 18.2. The van der Waals surface area contributed by atoms with Crippen molar-refractivity contribution in [2.24, 2.45) is 0 Å². The first-order valence-electron chi connectivity index (χ1n) is 7.32. The number of rotatable bonds is 7. The number of methoxy groups -OCH3 is 1. The predicted molar refractivity (Wildman–Crippen MR) is 78.0 cm³/mol. The van der Waals surface area contributed by atoms with Gasteiger partial charge in [0.15, 0.2) is 11.5 Å². The lowest BCUT2D eigenvalue weighted by atomic mass is 10.1. The zero-order chi connectivity index (χ0) is 15.1. The molecule has 1 aliphatic rings. The fourth-order valence-electron chi connectivity index (χ4n) is 2.40. The van der Waals surface area contributed by atoms with Crippen LogP contribution >= 0.6 is 0 Å². The van der Waals surface area contributed by atoms with Gasteiger partial charge in [-0.3, -0.25) is 4.79 Å². The van der Waals surface area contributed by atoms with Gasteiger partial charge >= 0.3 is 5.97 Å². The first-order chi connectivity index (χ1) is 10.2. The van der Waals surface area contributed by atoms with E-state index in [1.807, 2.05) is 18.2 Å². The van der Waals surface area contributed by atoms with E-state index >= 15 is 0 Å². The number of carbonyl (C=O) groups is 1. The topological polar surface area (TPSA) is 65.0 Å². The van der Waals surface area contributed by atoms with Crippen LogP contribution in [-0.4, -0.2) is 37.5 Å². The summed E-state index contributed by atoms with van der Waals surface area (Å²) in [5, 5.41) is 8.69. The fraction of sp³-hybridized carbons (Fsp3) is 0.562. The summed E-state index contributed by atoms with van der Waals surface area (Å²) in [7, 11) is 1.61. The van der Waals surface area contributed by atoms with E-state index in [1.165, 1.54) is 0 Å². The Kier molecular flexibility index (Phi) is 5.87. The Labute approximate surface area is 124 Å². The first kappa shape index (κ1) is 15.6. The Hall–Kier alpha value is -1.75. The van der Waals surface area contributed by atoms with Crippen LogP contribution in [0, 0.1) is 0 Å². The van der Waals surface area contributed by atoms with Crippen LogP contribution in [0.1, 0.15) is 31.2 Å². The van der Waals surface area contributed by atoms with Gasteiger partial charge in [-0.25, -0.2) is 0 Å². The first-order valence-corrected chi connectivity index (χ1v) is 7.32. The van der Waals surface area contributed by atoms with Crippen molar-refractivity contribution in [2.45, 2.75) is 38.2 Å². The second-order valence-corrected chi connectivity index (χ2v) is 5.19. The summed E-state index contributed by atoms with van der Waals surface area (Å²) in [6.07, 6.45) is 3.56. The molecule has 0 radical (unpaired) electrons. The molecule has 1 aromatic carbocycles. The molecule has 5 heteroatoms. The summed E-state index contributed by atoms with van der Waals surface area (Å²) in [5.74, 6) is 0.641. The van der Waals surface area contributed by atoms with E-state index in [-0.39, 0.29) is 12.5 Å². The minimum Gasteiger partial charge on any atom is -0.493 e. The molecular formula is C16H22O5. The molecule has 1 atom stereocenters. The molecule has 0 aromatic heterocycles. The summed E-state index contributed by atoms with van der Waals surface area (Å²) in [6, 6.07) is 5.76. The van der Waals surface area contributed by atoms with Gasteiger partial charge in [0.1, 0.15) is 6.10 Å². The van der Waals surface area contributed by atoms with Gasteiger partial charge in [-0.15, -0.1) is 0 Å². The maximum absolute atomic E-state index is 10.6. The summed E-state index contributed by atoms with van der Waals surface area (Å²) in [6.45, 7) is 1.40. The molecule has 2 rings (SSSR count). The molecule has 1 aliphatic heterocycles. The highest BCUT2D eigenvalue weighted by atomic mass is 16.5. The molecule has 1 saturated heterocycles. The molecule has 0 saturated carbocycles. The van der Waals surface area contributed by atoms with Gasteiger partial charge < -0.3 is 19.3 Å². The fourth-order valence-corrected chi connectivity index (χ4v) is 2.40. The number of carboxylic acid groups (broad SMARTS) is 1. The maximum atomic E-state index is 10.6. The van der Waals surface area contributed by atoms with Gasteiger partial charge in [0.2, 0.25) is 0 Å². The van der Waals surface area contributed by atoms with Gasteiger partial charge in [0.25, 0.3) is 0 Å². The van der Waals surface area contributed by atoms with Crippen LogP contribution in [0.5, 0.6) is 11.5 Å². The average molecular weight is 294 g/mol. The lowest BCUT2D eigenvalue weighted by Gasteiger charge is -2.24. The minimum atomic E-state index is -0.765. The highest BCUT2D eigenvalue weighted by Gasteiger charge is 2.17. The Balaban J connectivity index is 2.00. The number of hydrogen-bond donors (Lipinski definition) is 1. The number of hydrogen-bond acceptors (Lipinski definition) is 4. The van der Waals surface area contributed by atoms with E-state index < -0.39 is 5.97 Å². The van der Waals surface area contributed by atoms with Crippen molar-refractivity contribution in [1.29, 1.82) is 0 Å². The molecule has 0 bridgehead atoms. The van der Waals surface area contributed by atoms with Crippen molar-refractivity contribution in [3.05, 3.63) is 23.8 Å². The molecule has 21 heavy (non-hydrogen) atoms. The van der Waals surface area contributed by atoms with Crippen LogP contribution < -0.4 is 9.47 Å². The molecule has 5 nitrogen and oxygen atoms in total. The molecule has 0 amide bonds. The third kappa shape index (κ3) is 4.93. The smallest absolute Gasteiger partial charge is 0.303 e. The summed E-state index contributed by atoms with van der Waals surface area (Å²) < 4.78 is 16.7. The summed E-state index contributed by atoms with van der Waals surface area (Å²) in [5.41, 5.74) is 1.06. The van der Waals surface area contributed by atoms with E-state index in [1.54, 1.807) is 7.11 Å². The zero-order valence-corrected chi connectivity index (χ0v) is 12.3. The van der Waals surface area contributed by atoms with E-state index in [4.69, 9.17) is 19.3 Å². The van der Waals surface area contributed by atoms with Crippen molar-refractivity contribution in [3.63, 3.8) is 0 Å². The number of carboxylic acids is 1. The number of ether oxygens (including phenoxy) is 3. The van der Waals surface area contributed by atoms with Gasteiger partial charge in [-0.05, 0) is 43.4 Å². The highest BCUT2D eigenvalue weighted by Crippen LogP contribution is 2.30. The van der Waals surface area contributed by atoms with E-state index in [0.717, 1.165) is 25.0 Å². The Bertz CT molecular complexity index is 466. The molecular weight excluding hydrogens is 272 g/mol. The molecule has 1 N–H and O–H groups in total. The highest BCUT2D eigenvalue weighted by molar-refractivity contribution is 5.66. The van der Waals surface area contributed by atoms with Crippen LogP contribution in [0.3, 0.4) is 0 Å². The third-order valence-corrected chi connectivity index (χ3v) is 3.50. The van der Waals surface area contributed by atoms with Gasteiger partial charge in [0, 0.05) is 13.0 Å². The second kappa shape index (κ2) is 7.88. The largest absolute Gasteiger partial charge is 0.493 e. The quantitative estimate of drug-likeness (QED) is 0.837. The SMILES string of the molecule is COc1ccc(CCCC(=O)O)cc1OC1CCCOC1. The van der Waals surface area contributed by atoms with Crippen molar-refractivity contribution in [1.82, 2.24) is 0 Å². The number of benzene rings is 1. The van der Waals surface area contributed by atoms with E-state index in [0.29, 0.717) is 30.9 Å². The standard InChI is InChI=1S/C16H22O5/c1-19-14-8-7-12(4-2-6-16(17)18)10-15(14)21-13-5-3-9-20-11-13/h7-8,10,13H,2-6,9,11H2,1H3,(H,17,18). The van der Waals surface area contributed by atoms with Crippen molar-refractivity contribution in [2.75, 3.05) is 20.3 Å². The minimum absolute atomic E-state index is 0.0573. The average Bonchev–Trinajstić information content (AvgIpc) is 2.48. The third-order valence-electron chi connectivity index (χ3n) is 3.50. The monoisotopic (exact) mass is 294 g/mol. The Morgan fingerprint density at radius 2 is 2.29 bits per heavy atom. The van der Waals surface area contributed by atoms with Gasteiger partial charge in [-0.1, -0.05) is 6.07 Å². The molecule has 1 heterocycles. The zero-order valence-electron chi connectivity index (χ0n) is 12.3. The number of aliphatic carboxylic acids is 1. The molecule has 1 unspecified atom stereocenters. The Morgan fingerprint density at radius 1 is 1.43 bits per heavy atom. The van der Waals surface area contributed by atoms with Gasteiger partial charge in [-0.2, -0.15) is 0 Å². The van der Waals surface area contributed by atoms with Crippen LogP contribution in [0.15, 0.2) is 18.2 Å². The second-order valence-electron chi connectivity index (χ2n) is 5.19. The van der Waals surface area contributed by atoms with Crippen molar-refractivity contribution < 1.29 is 24.1 Å². The summed E-state index contributed by atoms with van der Waals surface area (Å²) >= 11 is 0. The number of aryl methyl sites for hydroxylation is 1. The molecule has 116 valence electrons. The van der Waals surface area contributed by atoms with Crippen LogP contribution in [-0.2, 0) is 16.0 Å². The van der Waals surface area contributed by atoms with Crippen molar-refractivity contribution >= 4 is 5.97 Å². The lowest BCUT2D eigenvalue weighted by molar-refractivity contribution is -0.137. The lowest BCUT2D eigenvalue weighted by Crippen LogP contribution is -2.28.